The van der Waals surface area contributed by atoms with Gasteiger partial charge >= 0.3 is 0 Å². The van der Waals surface area contributed by atoms with E-state index < -0.39 is 0 Å². The zero-order valence-corrected chi connectivity index (χ0v) is 16.2. The highest BCUT2D eigenvalue weighted by Crippen LogP contribution is 2.40. The smallest absolute Gasteiger partial charge is 0.123 e. The fraction of sp³-hybridized carbons (Fsp3) is 0.714. The first-order valence-electron chi connectivity index (χ1n) is 9.11. The van der Waals surface area contributed by atoms with E-state index in [9.17, 15) is 5.11 Å². The van der Waals surface area contributed by atoms with Crippen LogP contribution in [-0.2, 0) is 17.4 Å². The summed E-state index contributed by atoms with van der Waals surface area (Å²) in [6.07, 6.45) is 3.96. The Hall–Kier alpha value is -1.02. The highest BCUT2D eigenvalue weighted by atomic mass is 16.3. The maximum Gasteiger partial charge on any atom is 0.123 e. The first-order chi connectivity index (χ1) is 10.5. The SMILES string of the molecule is C[C@@H]1CCCCN1Cc1cc(C(C)(C)C)c(O)c(C(C)(C)C)c1. The molecule has 0 spiro atoms. The van der Waals surface area contributed by atoms with Crippen LogP contribution in [0, 0.1) is 0 Å². The van der Waals surface area contributed by atoms with Gasteiger partial charge in [-0.1, -0.05) is 60.1 Å². The summed E-state index contributed by atoms with van der Waals surface area (Å²) in [5.74, 6) is 0.487. The maximum absolute atomic E-state index is 10.8. The third-order valence-corrected chi connectivity index (χ3v) is 5.11. The number of phenols is 1. The van der Waals surface area contributed by atoms with Gasteiger partial charge in [-0.05, 0) is 53.8 Å². The highest BCUT2D eigenvalue weighted by molar-refractivity contribution is 5.49. The molecule has 1 fully saturated rings. The molecule has 2 rings (SSSR count). The summed E-state index contributed by atoms with van der Waals surface area (Å²) in [5.41, 5.74) is 3.39. The van der Waals surface area contributed by atoms with Crippen LogP contribution in [0.1, 0.15) is 84.4 Å². The normalized spacial score (nSPS) is 20.7. The molecular formula is C21H35NO. The van der Waals surface area contributed by atoms with E-state index in [4.69, 9.17) is 0 Å². The number of rotatable bonds is 2. The van der Waals surface area contributed by atoms with Crippen molar-refractivity contribution >= 4 is 0 Å². The predicted octanol–water partition coefficient (Wildman–Crippen LogP) is 5.36. The number of aromatic hydroxyl groups is 1. The van der Waals surface area contributed by atoms with Crippen molar-refractivity contribution in [2.75, 3.05) is 6.54 Å². The standard InChI is InChI=1S/C21H35NO/c1-15-10-8-9-11-22(15)14-16-12-17(20(2,3)4)19(23)18(13-16)21(5,6)7/h12-13,15,23H,8-11,14H2,1-7H3/t15-/m1/s1. The molecule has 1 heterocycles. The minimum Gasteiger partial charge on any atom is -0.507 e. The molecule has 1 aliphatic heterocycles. The minimum absolute atomic E-state index is 0.0480. The van der Waals surface area contributed by atoms with E-state index in [0.29, 0.717) is 11.8 Å². The second-order valence-electron chi connectivity index (χ2n) is 9.35. The largest absolute Gasteiger partial charge is 0.507 e. The van der Waals surface area contributed by atoms with Gasteiger partial charge in [-0.15, -0.1) is 0 Å². The van der Waals surface area contributed by atoms with Crippen LogP contribution >= 0.6 is 0 Å². The monoisotopic (exact) mass is 317 g/mol. The first-order valence-corrected chi connectivity index (χ1v) is 9.11. The second-order valence-corrected chi connectivity index (χ2v) is 9.35. The average Bonchev–Trinajstić information content (AvgIpc) is 2.40. The molecule has 1 N–H and O–H groups in total. The average molecular weight is 318 g/mol. The molecule has 0 unspecified atom stereocenters. The summed E-state index contributed by atoms with van der Waals surface area (Å²) in [5, 5.41) is 10.8. The lowest BCUT2D eigenvalue weighted by Gasteiger charge is -2.34. The van der Waals surface area contributed by atoms with Gasteiger partial charge in [-0.25, -0.2) is 0 Å². The zero-order chi connectivity index (χ0) is 17.4. The van der Waals surface area contributed by atoms with Gasteiger partial charge in [0.15, 0.2) is 0 Å². The van der Waals surface area contributed by atoms with Gasteiger partial charge in [0.2, 0.25) is 0 Å². The number of benzene rings is 1. The molecule has 23 heavy (non-hydrogen) atoms. The number of hydrogen-bond donors (Lipinski definition) is 1. The molecule has 130 valence electrons. The molecule has 2 nitrogen and oxygen atoms in total. The number of piperidine rings is 1. The molecule has 1 aromatic rings. The van der Waals surface area contributed by atoms with E-state index in [1.807, 2.05) is 0 Å². The lowest BCUT2D eigenvalue weighted by Crippen LogP contribution is -2.36. The Morgan fingerprint density at radius 2 is 1.52 bits per heavy atom. The Kier molecular flexibility index (Phi) is 5.15. The number of likely N-dealkylation sites (tertiary alicyclic amines) is 1. The van der Waals surface area contributed by atoms with Gasteiger partial charge in [0.1, 0.15) is 5.75 Å². The maximum atomic E-state index is 10.8. The highest BCUT2D eigenvalue weighted by Gasteiger charge is 2.27. The molecule has 0 aliphatic carbocycles. The third-order valence-electron chi connectivity index (χ3n) is 5.11. The van der Waals surface area contributed by atoms with Crippen LogP contribution in [0.25, 0.3) is 0 Å². The number of phenolic OH excluding ortho intramolecular Hbond substituents is 1. The summed E-state index contributed by atoms with van der Waals surface area (Å²) < 4.78 is 0. The molecule has 1 aromatic carbocycles. The van der Waals surface area contributed by atoms with Gasteiger partial charge in [0, 0.05) is 12.6 Å². The summed E-state index contributed by atoms with van der Waals surface area (Å²) in [6.45, 7) is 17.6. The summed E-state index contributed by atoms with van der Waals surface area (Å²) in [7, 11) is 0. The molecule has 2 heteroatoms. The molecule has 0 aromatic heterocycles. The van der Waals surface area contributed by atoms with Crippen molar-refractivity contribution in [1.29, 1.82) is 0 Å². The minimum atomic E-state index is -0.0480. The quantitative estimate of drug-likeness (QED) is 0.793. The van der Waals surface area contributed by atoms with Crippen molar-refractivity contribution in [3.63, 3.8) is 0 Å². The Bertz CT molecular complexity index is 513. The van der Waals surface area contributed by atoms with E-state index in [-0.39, 0.29) is 10.8 Å². The van der Waals surface area contributed by atoms with Gasteiger partial charge in [-0.3, -0.25) is 4.90 Å². The number of hydrogen-bond acceptors (Lipinski definition) is 2. The molecular weight excluding hydrogens is 282 g/mol. The molecule has 1 aliphatic rings. The van der Waals surface area contributed by atoms with Crippen LogP contribution in [0.3, 0.4) is 0 Å². The Balaban J connectivity index is 2.43. The van der Waals surface area contributed by atoms with E-state index >= 15 is 0 Å². The Labute approximate surface area is 142 Å². The van der Waals surface area contributed by atoms with Crippen LogP contribution < -0.4 is 0 Å². The van der Waals surface area contributed by atoms with E-state index in [1.165, 1.54) is 31.4 Å². The van der Waals surface area contributed by atoms with Crippen LogP contribution in [-0.4, -0.2) is 22.6 Å². The summed E-state index contributed by atoms with van der Waals surface area (Å²) in [4.78, 5) is 2.59. The van der Waals surface area contributed by atoms with Crippen molar-refractivity contribution < 1.29 is 5.11 Å². The van der Waals surface area contributed by atoms with E-state index in [0.717, 1.165) is 17.7 Å². The lowest BCUT2D eigenvalue weighted by molar-refractivity contribution is 0.152. The van der Waals surface area contributed by atoms with Crippen LogP contribution in [0.2, 0.25) is 0 Å². The molecule has 0 bridgehead atoms. The Morgan fingerprint density at radius 1 is 1.00 bits per heavy atom. The molecule has 0 amide bonds. The molecule has 0 saturated carbocycles. The molecule has 1 saturated heterocycles. The third kappa shape index (κ3) is 4.29. The summed E-state index contributed by atoms with van der Waals surface area (Å²) in [6, 6.07) is 5.12. The van der Waals surface area contributed by atoms with Gasteiger partial charge < -0.3 is 5.11 Å². The Morgan fingerprint density at radius 3 is 1.96 bits per heavy atom. The first kappa shape index (κ1) is 18.3. The second kappa shape index (κ2) is 6.47. The fourth-order valence-electron chi connectivity index (χ4n) is 3.56. The topological polar surface area (TPSA) is 23.5 Å². The van der Waals surface area contributed by atoms with Gasteiger partial charge in [0.25, 0.3) is 0 Å². The van der Waals surface area contributed by atoms with Crippen molar-refractivity contribution in [1.82, 2.24) is 4.90 Å². The van der Waals surface area contributed by atoms with Crippen LogP contribution in [0.15, 0.2) is 12.1 Å². The molecule has 1 atom stereocenters. The number of nitrogens with zero attached hydrogens (tertiary/aromatic N) is 1. The van der Waals surface area contributed by atoms with Crippen molar-refractivity contribution in [3.05, 3.63) is 28.8 Å². The van der Waals surface area contributed by atoms with Gasteiger partial charge in [-0.2, -0.15) is 0 Å². The lowest BCUT2D eigenvalue weighted by atomic mass is 9.78. The molecule has 0 radical (unpaired) electrons. The predicted molar refractivity (Wildman–Crippen MR) is 99.2 cm³/mol. The van der Waals surface area contributed by atoms with Crippen molar-refractivity contribution in [3.8, 4) is 5.75 Å². The van der Waals surface area contributed by atoms with Crippen molar-refractivity contribution in [2.24, 2.45) is 0 Å². The zero-order valence-electron chi connectivity index (χ0n) is 16.2. The van der Waals surface area contributed by atoms with E-state index in [2.05, 4.69) is 65.5 Å². The summed E-state index contributed by atoms with van der Waals surface area (Å²) >= 11 is 0. The van der Waals surface area contributed by atoms with E-state index in [1.54, 1.807) is 0 Å². The van der Waals surface area contributed by atoms with Gasteiger partial charge in [0.05, 0.1) is 0 Å². The van der Waals surface area contributed by atoms with Crippen LogP contribution in [0.4, 0.5) is 0 Å². The van der Waals surface area contributed by atoms with Crippen molar-refractivity contribution in [2.45, 2.75) is 91.1 Å². The fourth-order valence-corrected chi connectivity index (χ4v) is 3.56. The van der Waals surface area contributed by atoms with Crippen LogP contribution in [0.5, 0.6) is 5.75 Å².